The van der Waals surface area contributed by atoms with Gasteiger partial charge in [0, 0.05) is 6.20 Å². The van der Waals surface area contributed by atoms with Gasteiger partial charge in [-0.25, -0.2) is 4.79 Å². The highest BCUT2D eigenvalue weighted by Gasteiger charge is 2.21. The maximum absolute atomic E-state index is 11.5. The maximum Gasteiger partial charge on any atom is 0.341 e. The number of nitrogens with zero attached hydrogens (tertiary/aromatic N) is 2. The van der Waals surface area contributed by atoms with E-state index in [0.717, 1.165) is 18.8 Å². The number of carbonyl (C=O) groups is 1. The van der Waals surface area contributed by atoms with E-state index < -0.39 is 0 Å². The first kappa shape index (κ1) is 12.1. The smallest absolute Gasteiger partial charge is 0.341 e. The summed E-state index contributed by atoms with van der Waals surface area (Å²) >= 11 is 0. The fourth-order valence-electron chi connectivity index (χ4n) is 2.50. The SMILES string of the molecule is CCOC(=O)c1cnn(C2CCCC(C)C2)c1. The summed E-state index contributed by atoms with van der Waals surface area (Å²) in [5.41, 5.74) is 0.560. The molecule has 0 N–H and O–H groups in total. The summed E-state index contributed by atoms with van der Waals surface area (Å²) in [5.74, 6) is 0.478. The zero-order valence-electron chi connectivity index (χ0n) is 10.6. The predicted molar refractivity (Wildman–Crippen MR) is 64.9 cm³/mol. The molecule has 0 saturated heterocycles. The summed E-state index contributed by atoms with van der Waals surface area (Å²) in [5, 5.41) is 4.29. The van der Waals surface area contributed by atoms with Crippen LogP contribution in [0.1, 0.15) is 55.9 Å². The molecule has 17 heavy (non-hydrogen) atoms. The monoisotopic (exact) mass is 236 g/mol. The summed E-state index contributed by atoms with van der Waals surface area (Å²) in [6.07, 6.45) is 8.30. The van der Waals surface area contributed by atoms with Crippen molar-refractivity contribution in [1.82, 2.24) is 9.78 Å². The Morgan fingerprint density at radius 2 is 2.41 bits per heavy atom. The van der Waals surface area contributed by atoms with Crippen LogP contribution in [0.2, 0.25) is 0 Å². The van der Waals surface area contributed by atoms with Gasteiger partial charge >= 0.3 is 5.97 Å². The van der Waals surface area contributed by atoms with Crippen molar-refractivity contribution in [2.24, 2.45) is 5.92 Å². The number of esters is 1. The lowest BCUT2D eigenvalue weighted by Crippen LogP contribution is -2.18. The van der Waals surface area contributed by atoms with Crippen LogP contribution in [0.3, 0.4) is 0 Å². The highest BCUT2D eigenvalue weighted by Crippen LogP contribution is 2.31. The standard InChI is InChI=1S/C13H20N2O2/c1-3-17-13(16)11-8-14-15(9-11)12-6-4-5-10(2)7-12/h8-10,12H,3-7H2,1-2H3. The first-order valence-electron chi connectivity index (χ1n) is 6.42. The van der Waals surface area contributed by atoms with E-state index in [9.17, 15) is 4.79 Å². The molecule has 1 aliphatic rings. The van der Waals surface area contributed by atoms with Crippen LogP contribution >= 0.6 is 0 Å². The third-order valence-corrected chi connectivity index (χ3v) is 3.40. The van der Waals surface area contributed by atoms with Gasteiger partial charge in [0.05, 0.1) is 24.4 Å². The fraction of sp³-hybridized carbons (Fsp3) is 0.692. The molecule has 94 valence electrons. The molecule has 2 unspecified atom stereocenters. The molecule has 0 aliphatic heterocycles. The van der Waals surface area contributed by atoms with Gasteiger partial charge in [-0.05, 0) is 25.7 Å². The van der Waals surface area contributed by atoms with Crippen LogP contribution in [-0.2, 0) is 4.74 Å². The lowest BCUT2D eigenvalue weighted by atomic mass is 9.87. The third kappa shape index (κ3) is 2.87. The molecule has 1 heterocycles. The van der Waals surface area contributed by atoms with Crippen LogP contribution in [0.5, 0.6) is 0 Å². The van der Waals surface area contributed by atoms with Crippen molar-refractivity contribution < 1.29 is 9.53 Å². The van der Waals surface area contributed by atoms with Crippen molar-refractivity contribution in [3.05, 3.63) is 18.0 Å². The van der Waals surface area contributed by atoms with Crippen molar-refractivity contribution in [3.8, 4) is 0 Å². The highest BCUT2D eigenvalue weighted by molar-refractivity contribution is 5.88. The Bertz CT molecular complexity index is 387. The molecule has 0 aromatic carbocycles. The predicted octanol–water partition coefficient (Wildman–Crippen LogP) is 2.81. The van der Waals surface area contributed by atoms with Crippen LogP contribution in [0.15, 0.2) is 12.4 Å². The van der Waals surface area contributed by atoms with Gasteiger partial charge in [0.15, 0.2) is 0 Å². The molecule has 1 saturated carbocycles. The minimum atomic E-state index is -0.275. The van der Waals surface area contributed by atoms with Gasteiger partial charge in [0.1, 0.15) is 0 Å². The summed E-state index contributed by atoms with van der Waals surface area (Å²) in [4.78, 5) is 11.5. The van der Waals surface area contributed by atoms with E-state index in [1.165, 1.54) is 12.8 Å². The molecular weight excluding hydrogens is 216 g/mol. The molecule has 0 radical (unpaired) electrons. The number of carbonyl (C=O) groups excluding carboxylic acids is 1. The van der Waals surface area contributed by atoms with Crippen LogP contribution in [0.25, 0.3) is 0 Å². The van der Waals surface area contributed by atoms with Gasteiger partial charge in [0.2, 0.25) is 0 Å². The van der Waals surface area contributed by atoms with Crippen molar-refractivity contribution >= 4 is 5.97 Å². The zero-order valence-corrected chi connectivity index (χ0v) is 10.6. The quantitative estimate of drug-likeness (QED) is 0.758. The van der Waals surface area contributed by atoms with Crippen LogP contribution in [0.4, 0.5) is 0 Å². The highest BCUT2D eigenvalue weighted by atomic mass is 16.5. The Balaban J connectivity index is 2.04. The van der Waals surface area contributed by atoms with E-state index in [1.807, 2.05) is 17.8 Å². The molecule has 1 fully saturated rings. The molecule has 0 spiro atoms. The largest absolute Gasteiger partial charge is 0.462 e. The molecule has 4 nitrogen and oxygen atoms in total. The minimum Gasteiger partial charge on any atom is -0.462 e. The van der Waals surface area contributed by atoms with Crippen LogP contribution in [-0.4, -0.2) is 22.4 Å². The van der Waals surface area contributed by atoms with Gasteiger partial charge in [-0.2, -0.15) is 5.10 Å². The van der Waals surface area contributed by atoms with E-state index in [1.54, 1.807) is 6.20 Å². The Hall–Kier alpha value is -1.32. The Morgan fingerprint density at radius 3 is 3.12 bits per heavy atom. The van der Waals surface area contributed by atoms with Gasteiger partial charge < -0.3 is 4.74 Å². The Morgan fingerprint density at radius 1 is 1.59 bits per heavy atom. The van der Waals surface area contributed by atoms with Crippen molar-refractivity contribution in [3.63, 3.8) is 0 Å². The van der Waals surface area contributed by atoms with Crippen LogP contribution < -0.4 is 0 Å². The molecule has 1 aromatic rings. The second-order valence-electron chi connectivity index (χ2n) is 4.86. The van der Waals surface area contributed by atoms with Crippen LogP contribution in [0, 0.1) is 5.92 Å². The summed E-state index contributed by atoms with van der Waals surface area (Å²) in [6, 6.07) is 0.446. The molecule has 1 aliphatic carbocycles. The van der Waals surface area contributed by atoms with E-state index in [-0.39, 0.29) is 5.97 Å². The Kier molecular flexibility index (Phi) is 3.82. The van der Waals surface area contributed by atoms with Gasteiger partial charge in [0.25, 0.3) is 0 Å². The van der Waals surface area contributed by atoms with E-state index in [0.29, 0.717) is 18.2 Å². The molecule has 1 aromatic heterocycles. The van der Waals surface area contributed by atoms with Gasteiger partial charge in [-0.15, -0.1) is 0 Å². The average Bonchev–Trinajstić information content (AvgIpc) is 2.78. The van der Waals surface area contributed by atoms with Crippen molar-refractivity contribution in [1.29, 1.82) is 0 Å². The molecule has 2 atom stereocenters. The number of rotatable bonds is 3. The fourth-order valence-corrected chi connectivity index (χ4v) is 2.50. The average molecular weight is 236 g/mol. The second-order valence-corrected chi connectivity index (χ2v) is 4.86. The number of hydrogen-bond acceptors (Lipinski definition) is 3. The molecule has 0 amide bonds. The molecule has 0 bridgehead atoms. The molecular formula is C13H20N2O2. The molecule has 4 heteroatoms. The lowest BCUT2D eigenvalue weighted by molar-refractivity contribution is 0.0526. The summed E-state index contributed by atoms with van der Waals surface area (Å²) in [7, 11) is 0. The summed E-state index contributed by atoms with van der Waals surface area (Å²) in [6.45, 7) is 4.50. The van der Waals surface area contributed by atoms with E-state index in [2.05, 4.69) is 12.0 Å². The number of hydrogen-bond donors (Lipinski definition) is 0. The minimum absolute atomic E-state index is 0.275. The van der Waals surface area contributed by atoms with Gasteiger partial charge in [-0.3, -0.25) is 4.68 Å². The lowest BCUT2D eigenvalue weighted by Gasteiger charge is -2.26. The topological polar surface area (TPSA) is 44.1 Å². The zero-order chi connectivity index (χ0) is 12.3. The molecule has 2 rings (SSSR count). The van der Waals surface area contributed by atoms with Crippen molar-refractivity contribution in [2.45, 2.75) is 45.6 Å². The first-order valence-corrected chi connectivity index (χ1v) is 6.42. The van der Waals surface area contributed by atoms with E-state index >= 15 is 0 Å². The first-order chi connectivity index (χ1) is 8.20. The van der Waals surface area contributed by atoms with Crippen molar-refractivity contribution in [2.75, 3.05) is 6.61 Å². The Labute approximate surface area is 102 Å². The third-order valence-electron chi connectivity index (χ3n) is 3.40. The number of ether oxygens (including phenoxy) is 1. The van der Waals surface area contributed by atoms with Gasteiger partial charge in [-0.1, -0.05) is 19.8 Å². The number of aromatic nitrogens is 2. The van der Waals surface area contributed by atoms with E-state index in [4.69, 9.17) is 4.74 Å². The maximum atomic E-state index is 11.5. The summed E-state index contributed by atoms with van der Waals surface area (Å²) < 4.78 is 6.89. The normalized spacial score (nSPS) is 24.6. The second kappa shape index (κ2) is 5.34.